The average molecular weight is 502 g/mol. The lowest BCUT2D eigenvalue weighted by atomic mass is 10.1. The molecule has 4 rings (SSSR count). The van der Waals surface area contributed by atoms with E-state index < -0.39 is 0 Å². The van der Waals surface area contributed by atoms with Gasteiger partial charge in [0, 0.05) is 11.7 Å². The Labute approximate surface area is 214 Å². The molecule has 3 aromatic carbocycles. The van der Waals surface area contributed by atoms with E-state index in [2.05, 4.69) is 10.3 Å². The summed E-state index contributed by atoms with van der Waals surface area (Å²) in [5.41, 5.74) is 2.26. The topological polar surface area (TPSA) is 80.2 Å². The minimum Gasteiger partial charge on any atom is -0.493 e. The molecule has 0 aromatic heterocycles. The number of para-hydroxylation sites is 2. The first kappa shape index (κ1) is 25.1. The molecule has 1 aliphatic rings. The number of amides is 2. The number of rotatable bonds is 8. The predicted molar refractivity (Wildman–Crippen MR) is 145 cm³/mol. The molecule has 0 radical (unpaired) electrons. The predicted octanol–water partition coefficient (Wildman–Crippen LogP) is 5.73. The number of hydrogen-bond donors (Lipinski definition) is 1. The number of nitrogens with one attached hydrogen (secondary N) is 1. The Morgan fingerprint density at radius 3 is 2.39 bits per heavy atom. The Balaban J connectivity index is 1.49. The largest absolute Gasteiger partial charge is 0.493 e. The van der Waals surface area contributed by atoms with Crippen LogP contribution in [0.5, 0.6) is 11.5 Å². The Morgan fingerprint density at radius 1 is 1.03 bits per heavy atom. The van der Waals surface area contributed by atoms with Crippen molar-refractivity contribution in [1.29, 1.82) is 0 Å². The quantitative estimate of drug-likeness (QED) is 0.399. The maximum absolute atomic E-state index is 13.2. The van der Waals surface area contributed by atoms with Crippen molar-refractivity contribution in [3.8, 4) is 11.5 Å². The van der Waals surface area contributed by atoms with Gasteiger partial charge < -0.3 is 14.8 Å². The van der Waals surface area contributed by atoms with Crippen LogP contribution in [-0.2, 0) is 9.59 Å². The first-order chi connectivity index (χ1) is 17.4. The highest BCUT2D eigenvalue weighted by atomic mass is 32.2. The van der Waals surface area contributed by atoms with E-state index in [-0.39, 0.29) is 24.5 Å². The van der Waals surface area contributed by atoms with Crippen molar-refractivity contribution in [1.82, 2.24) is 4.90 Å². The summed E-state index contributed by atoms with van der Waals surface area (Å²) in [6.45, 7) is 3.76. The van der Waals surface area contributed by atoms with Gasteiger partial charge in [-0.05, 0) is 73.6 Å². The summed E-state index contributed by atoms with van der Waals surface area (Å²) in [5.74, 6) is 0.526. The average Bonchev–Trinajstić information content (AvgIpc) is 3.18. The summed E-state index contributed by atoms with van der Waals surface area (Å²) in [4.78, 5) is 32.3. The van der Waals surface area contributed by atoms with Crippen molar-refractivity contribution in [2.75, 3.05) is 19.0 Å². The standard InChI is InChI=1S/C28H27N3O4S/c1-19(2)31-27(33)25(36-28(31)30-22-12-8-5-9-13-22)17-20-14-15-23(24(16-20)34-3)35-18-26(32)29-21-10-6-4-7-11-21/h4-17,19H,18H2,1-3H3,(H,29,32)/b25-17+,30-28?. The highest BCUT2D eigenvalue weighted by Crippen LogP contribution is 2.36. The lowest BCUT2D eigenvalue weighted by Crippen LogP contribution is -2.35. The highest BCUT2D eigenvalue weighted by Gasteiger charge is 2.35. The molecule has 2 amide bonds. The molecule has 0 saturated carbocycles. The van der Waals surface area contributed by atoms with Crippen molar-refractivity contribution < 1.29 is 19.1 Å². The van der Waals surface area contributed by atoms with Crippen LogP contribution in [-0.4, -0.2) is 41.6 Å². The molecule has 0 atom stereocenters. The van der Waals surface area contributed by atoms with Gasteiger partial charge in [0.15, 0.2) is 23.3 Å². The number of amidine groups is 1. The molecule has 1 saturated heterocycles. The SMILES string of the molecule is COc1cc(/C=C2/SC(=Nc3ccccc3)N(C(C)C)C2=O)ccc1OCC(=O)Nc1ccccc1. The van der Waals surface area contributed by atoms with Gasteiger partial charge in [0.1, 0.15) is 0 Å². The van der Waals surface area contributed by atoms with Crippen molar-refractivity contribution in [3.63, 3.8) is 0 Å². The summed E-state index contributed by atoms with van der Waals surface area (Å²) in [6, 6.07) is 24.0. The van der Waals surface area contributed by atoms with E-state index in [9.17, 15) is 9.59 Å². The van der Waals surface area contributed by atoms with E-state index >= 15 is 0 Å². The zero-order valence-corrected chi connectivity index (χ0v) is 21.1. The number of carbonyl (C=O) groups excluding carboxylic acids is 2. The Hall–Kier alpha value is -4.04. The maximum Gasteiger partial charge on any atom is 0.266 e. The van der Waals surface area contributed by atoms with Crippen LogP contribution in [0.4, 0.5) is 11.4 Å². The number of ether oxygens (including phenoxy) is 2. The molecule has 1 aliphatic heterocycles. The summed E-state index contributed by atoms with van der Waals surface area (Å²) in [5, 5.41) is 3.42. The fourth-order valence-electron chi connectivity index (χ4n) is 3.54. The van der Waals surface area contributed by atoms with E-state index in [1.807, 2.05) is 74.5 Å². The van der Waals surface area contributed by atoms with Crippen molar-refractivity contribution >= 4 is 46.2 Å². The molecule has 3 aromatic rings. The molecule has 7 nitrogen and oxygen atoms in total. The van der Waals surface area contributed by atoms with Gasteiger partial charge in [-0.3, -0.25) is 14.5 Å². The molecule has 0 spiro atoms. The third-order valence-corrected chi connectivity index (χ3v) is 6.22. The van der Waals surface area contributed by atoms with Crippen LogP contribution in [0.1, 0.15) is 19.4 Å². The number of hydrogen-bond acceptors (Lipinski definition) is 6. The Morgan fingerprint density at radius 2 is 1.72 bits per heavy atom. The molecule has 1 N–H and O–H groups in total. The first-order valence-electron chi connectivity index (χ1n) is 11.5. The molecule has 0 unspecified atom stereocenters. The lowest BCUT2D eigenvalue weighted by Gasteiger charge is -2.19. The third kappa shape index (κ3) is 6.14. The number of thioether (sulfide) groups is 1. The van der Waals surface area contributed by atoms with Crippen molar-refractivity contribution in [2.24, 2.45) is 4.99 Å². The minimum absolute atomic E-state index is 0.0364. The van der Waals surface area contributed by atoms with E-state index in [0.29, 0.717) is 27.3 Å². The van der Waals surface area contributed by atoms with Crippen molar-refractivity contribution in [2.45, 2.75) is 19.9 Å². The van der Waals surface area contributed by atoms with E-state index in [0.717, 1.165) is 11.3 Å². The van der Waals surface area contributed by atoms with Gasteiger partial charge >= 0.3 is 0 Å². The molecular formula is C28H27N3O4S. The number of methoxy groups -OCH3 is 1. The van der Waals surface area contributed by atoms with Crippen LogP contribution in [0, 0.1) is 0 Å². The van der Waals surface area contributed by atoms with Crippen LogP contribution in [0.3, 0.4) is 0 Å². The van der Waals surface area contributed by atoms with Crippen LogP contribution < -0.4 is 14.8 Å². The highest BCUT2D eigenvalue weighted by molar-refractivity contribution is 8.18. The minimum atomic E-state index is -0.276. The molecule has 1 fully saturated rings. The fraction of sp³-hybridized carbons (Fsp3) is 0.179. The monoisotopic (exact) mass is 501 g/mol. The van der Waals surface area contributed by atoms with Crippen LogP contribution in [0.2, 0.25) is 0 Å². The number of carbonyl (C=O) groups is 2. The van der Waals surface area contributed by atoms with Crippen LogP contribution >= 0.6 is 11.8 Å². The zero-order valence-electron chi connectivity index (χ0n) is 20.3. The maximum atomic E-state index is 13.2. The Bertz CT molecular complexity index is 1290. The second-order valence-corrected chi connectivity index (χ2v) is 9.23. The van der Waals surface area contributed by atoms with Gasteiger partial charge in [-0.15, -0.1) is 0 Å². The zero-order chi connectivity index (χ0) is 25.5. The van der Waals surface area contributed by atoms with Crippen LogP contribution in [0.25, 0.3) is 6.08 Å². The molecule has 1 heterocycles. The van der Waals surface area contributed by atoms with Gasteiger partial charge in [0.05, 0.1) is 17.7 Å². The molecule has 184 valence electrons. The van der Waals surface area contributed by atoms with Gasteiger partial charge in [0.2, 0.25) is 0 Å². The summed E-state index contributed by atoms with van der Waals surface area (Å²) in [7, 11) is 1.53. The number of nitrogens with zero attached hydrogens (tertiary/aromatic N) is 2. The van der Waals surface area contributed by atoms with Gasteiger partial charge in [-0.1, -0.05) is 42.5 Å². The van der Waals surface area contributed by atoms with Gasteiger partial charge in [0.25, 0.3) is 11.8 Å². The molecule has 0 bridgehead atoms. The van der Waals surface area contributed by atoms with E-state index in [4.69, 9.17) is 9.47 Å². The van der Waals surface area contributed by atoms with E-state index in [1.54, 1.807) is 29.2 Å². The normalized spacial score (nSPS) is 15.6. The van der Waals surface area contributed by atoms with Gasteiger partial charge in [-0.2, -0.15) is 0 Å². The van der Waals surface area contributed by atoms with Gasteiger partial charge in [-0.25, -0.2) is 4.99 Å². The number of anilines is 1. The summed E-state index contributed by atoms with van der Waals surface area (Å²) in [6.07, 6.45) is 1.81. The molecule has 36 heavy (non-hydrogen) atoms. The second-order valence-electron chi connectivity index (χ2n) is 8.22. The van der Waals surface area contributed by atoms with Crippen LogP contribution in [0.15, 0.2) is 88.8 Å². The molecular weight excluding hydrogens is 474 g/mol. The number of benzene rings is 3. The third-order valence-electron chi connectivity index (χ3n) is 5.24. The summed E-state index contributed by atoms with van der Waals surface area (Å²) < 4.78 is 11.2. The molecule has 0 aliphatic carbocycles. The summed E-state index contributed by atoms with van der Waals surface area (Å²) >= 11 is 1.34. The fourth-order valence-corrected chi connectivity index (χ4v) is 4.66. The Kier molecular flexibility index (Phi) is 8.07. The van der Waals surface area contributed by atoms with E-state index in [1.165, 1.54) is 18.9 Å². The number of aliphatic imine (C=N–C) groups is 1. The first-order valence-corrected chi connectivity index (χ1v) is 12.3. The lowest BCUT2D eigenvalue weighted by molar-refractivity contribution is -0.123. The smallest absolute Gasteiger partial charge is 0.266 e. The second kappa shape index (κ2) is 11.6. The molecule has 8 heteroatoms. The van der Waals surface area contributed by atoms with Crippen molar-refractivity contribution in [3.05, 3.63) is 89.3 Å².